The molecular formula is C22H19FN4O3. The zero-order chi connectivity index (χ0) is 21.5. The first-order chi connectivity index (χ1) is 14.3. The van der Waals surface area contributed by atoms with Gasteiger partial charge in [-0.2, -0.15) is 5.10 Å². The van der Waals surface area contributed by atoms with E-state index in [-0.39, 0.29) is 12.1 Å². The summed E-state index contributed by atoms with van der Waals surface area (Å²) in [5, 5.41) is 15.3. The summed E-state index contributed by atoms with van der Waals surface area (Å²) in [6, 6.07) is 10.8. The molecule has 7 nitrogen and oxygen atoms in total. The van der Waals surface area contributed by atoms with Crippen molar-refractivity contribution >= 4 is 22.7 Å². The van der Waals surface area contributed by atoms with Gasteiger partial charge in [0.15, 0.2) is 5.69 Å². The van der Waals surface area contributed by atoms with Crippen molar-refractivity contribution in [1.29, 1.82) is 0 Å². The number of carbonyl (C=O) groups is 2. The van der Waals surface area contributed by atoms with Gasteiger partial charge in [0.25, 0.3) is 11.8 Å². The highest BCUT2D eigenvalue weighted by molar-refractivity contribution is 6.04. The predicted octanol–water partition coefficient (Wildman–Crippen LogP) is 1.60. The normalized spacial score (nSPS) is 18.9. The topological polar surface area (TPSA) is 101 Å². The number of primary amides is 1. The van der Waals surface area contributed by atoms with Crippen molar-refractivity contribution in [1.82, 2.24) is 14.7 Å². The maximum Gasteiger partial charge on any atom is 0.269 e. The summed E-state index contributed by atoms with van der Waals surface area (Å²) in [6.07, 6.45) is 0.933. The number of likely N-dealkylation sites (N-methyl/N-ethyl adjacent to an activating group) is 1. The Morgan fingerprint density at radius 2 is 2.10 bits per heavy atom. The number of aromatic nitrogens is 2. The van der Waals surface area contributed by atoms with Gasteiger partial charge in [-0.05, 0) is 43.2 Å². The molecule has 4 rings (SSSR count). The molecule has 1 aliphatic rings. The Morgan fingerprint density at radius 3 is 2.87 bits per heavy atom. The lowest BCUT2D eigenvalue weighted by Crippen LogP contribution is -2.51. The Morgan fingerprint density at radius 1 is 1.30 bits per heavy atom. The Labute approximate surface area is 171 Å². The number of nitrogens with two attached hydrogens (primary N) is 1. The first-order valence-electron chi connectivity index (χ1n) is 9.38. The van der Waals surface area contributed by atoms with Crippen LogP contribution in [-0.4, -0.2) is 50.8 Å². The molecule has 1 atom stereocenters. The van der Waals surface area contributed by atoms with Crippen molar-refractivity contribution in [3.05, 3.63) is 59.5 Å². The number of carbonyl (C=O) groups excluding carboxylic acids is 2. The number of nitrogens with zero attached hydrogens (tertiary/aromatic N) is 3. The lowest BCUT2D eigenvalue weighted by Gasteiger charge is -2.32. The van der Waals surface area contributed by atoms with E-state index in [0.29, 0.717) is 35.1 Å². The minimum absolute atomic E-state index is 0.0339. The quantitative estimate of drug-likeness (QED) is 0.631. The van der Waals surface area contributed by atoms with Crippen LogP contribution in [-0.2, 0) is 4.79 Å². The number of likely N-dealkylation sites (tertiary alicyclic amines) is 1. The lowest BCUT2D eigenvalue weighted by atomic mass is 9.92. The van der Waals surface area contributed by atoms with Crippen molar-refractivity contribution in [3.63, 3.8) is 0 Å². The number of benzene rings is 2. The molecule has 3 N–H and O–H groups in total. The van der Waals surface area contributed by atoms with Gasteiger partial charge in [0, 0.05) is 30.6 Å². The van der Waals surface area contributed by atoms with E-state index in [1.54, 1.807) is 31.3 Å². The lowest BCUT2D eigenvalue weighted by molar-refractivity contribution is -0.148. The van der Waals surface area contributed by atoms with Gasteiger partial charge in [-0.3, -0.25) is 9.59 Å². The van der Waals surface area contributed by atoms with Crippen molar-refractivity contribution < 1.29 is 19.1 Å². The van der Waals surface area contributed by atoms with Gasteiger partial charge in [-0.15, -0.1) is 0 Å². The third kappa shape index (κ3) is 3.40. The van der Waals surface area contributed by atoms with E-state index in [4.69, 9.17) is 5.73 Å². The van der Waals surface area contributed by atoms with Crippen LogP contribution in [0.2, 0.25) is 0 Å². The molecule has 0 radical (unpaired) electrons. The van der Waals surface area contributed by atoms with E-state index in [1.165, 1.54) is 27.8 Å². The minimum atomic E-state index is -1.72. The Balaban J connectivity index is 1.76. The molecule has 2 amide bonds. The third-order valence-electron chi connectivity index (χ3n) is 5.11. The summed E-state index contributed by atoms with van der Waals surface area (Å²) in [6.45, 7) is 0.587. The SMILES string of the molecule is CN1CCC[C@@](O)(C#Cc2cccc(-n3nc(C(N)=O)c4ccc(F)cc43)c2)C1=O. The Kier molecular flexibility index (Phi) is 4.76. The number of piperidine rings is 1. The van der Waals surface area contributed by atoms with Crippen LogP contribution >= 0.6 is 0 Å². The Hall–Kier alpha value is -3.70. The highest BCUT2D eigenvalue weighted by atomic mass is 19.1. The number of amides is 2. The molecule has 2 aromatic carbocycles. The van der Waals surface area contributed by atoms with Crippen LogP contribution in [0.25, 0.3) is 16.6 Å². The van der Waals surface area contributed by atoms with E-state index in [9.17, 15) is 19.1 Å². The van der Waals surface area contributed by atoms with E-state index in [0.717, 1.165) is 0 Å². The van der Waals surface area contributed by atoms with Crippen molar-refractivity contribution in [2.75, 3.05) is 13.6 Å². The molecular weight excluding hydrogens is 387 g/mol. The maximum atomic E-state index is 13.8. The number of hydrogen-bond acceptors (Lipinski definition) is 4. The molecule has 0 bridgehead atoms. The molecule has 152 valence electrons. The molecule has 2 heterocycles. The molecule has 8 heteroatoms. The third-order valence-corrected chi connectivity index (χ3v) is 5.11. The highest BCUT2D eigenvalue weighted by Crippen LogP contribution is 2.24. The maximum absolute atomic E-state index is 13.8. The number of hydrogen-bond donors (Lipinski definition) is 2. The van der Waals surface area contributed by atoms with Crippen molar-refractivity contribution in [2.24, 2.45) is 5.73 Å². The second-order valence-corrected chi connectivity index (χ2v) is 7.28. The van der Waals surface area contributed by atoms with E-state index in [1.807, 2.05) is 0 Å². The van der Waals surface area contributed by atoms with Crippen LogP contribution in [0.4, 0.5) is 4.39 Å². The fourth-order valence-electron chi connectivity index (χ4n) is 3.57. The molecule has 30 heavy (non-hydrogen) atoms. The highest BCUT2D eigenvalue weighted by Gasteiger charge is 2.39. The largest absolute Gasteiger partial charge is 0.369 e. The smallest absolute Gasteiger partial charge is 0.269 e. The van der Waals surface area contributed by atoms with Gasteiger partial charge < -0.3 is 15.7 Å². The molecule has 0 aliphatic carbocycles. The number of halogens is 1. The first-order valence-corrected chi connectivity index (χ1v) is 9.38. The van der Waals surface area contributed by atoms with E-state index in [2.05, 4.69) is 16.9 Å². The van der Waals surface area contributed by atoms with Crippen LogP contribution in [0, 0.1) is 17.7 Å². The number of aliphatic hydroxyl groups is 1. The van der Waals surface area contributed by atoms with Crippen LogP contribution < -0.4 is 5.73 Å². The monoisotopic (exact) mass is 406 g/mol. The average Bonchev–Trinajstić information content (AvgIpc) is 3.10. The molecule has 3 aromatic rings. The molecule has 1 fully saturated rings. The second kappa shape index (κ2) is 7.28. The van der Waals surface area contributed by atoms with Crippen LogP contribution in [0.15, 0.2) is 42.5 Å². The Bertz CT molecular complexity index is 1240. The standard InChI is InChI=1S/C22H19FN4O3/c1-26-11-3-9-22(30,21(26)29)10-8-14-4-2-5-16(12-14)27-18-13-15(23)6-7-17(18)19(25-27)20(24)28/h2,4-7,12-13,30H,3,9,11H2,1H3,(H2,24,28)/t22-/m1/s1. The number of rotatable bonds is 2. The van der Waals surface area contributed by atoms with Gasteiger partial charge >= 0.3 is 0 Å². The van der Waals surface area contributed by atoms with Gasteiger partial charge in [0.2, 0.25) is 5.60 Å². The summed E-state index contributed by atoms with van der Waals surface area (Å²) >= 11 is 0. The zero-order valence-electron chi connectivity index (χ0n) is 16.2. The second-order valence-electron chi connectivity index (χ2n) is 7.28. The van der Waals surface area contributed by atoms with Crippen LogP contribution in [0.3, 0.4) is 0 Å². The molecule has 1 saturated heterocycles. The summed E-state index contributed by atoms with van der Waals surface area (Å²) < 4.78 is 15.2. The van der Waals surface area contributed by atoms with E-state index < -0.39 is 23.2 Å². The van der Waals surface area contributed by atoms with Gasteiger partial charge in [0.1, 0.15) is 5.82 Å². The van der Waals surface area contributed by atoms with Crippen LogP contribution in [0.1, 0.15) is 28.9 Å². The minimum Gasteiger partial charge on any atom is -0.369 e. The molecule has 1 aromatic heterocycles. The summed E-state index contributed by atoms with van der Waals surface area (Å²) in [5.41, 5.74) is 5.18. The van der Waals surface area contributed by atoms with E-state index >= 15 is 0 Å². The predicted molar refractivity (Wildman–Crippen MR) is 108 cm³/mol. The summed E-state index contributed by atoms with van der Waals surface area (Å²) in [4.78, 5) is 25.5. The number of fused-ring (bicyclic) bond motifs is 1. The first kappa shape index (κ1) is 19.6. The van der Waals surface area contributed by atoms with Gasteiger partial charge in [-0.25, -0.2) is 9.07 Å². The van der Waals surface area contributed by atoms with Gasteiger partial charge in [0.05, 0.1) is 11.2 Å². The molecule has 0 spiro atoms. The summed E-state index contributed by atoms with van der Waals surface area (Å²) in [7, 11) is 1.63. The zero-order valence-corrected chi connectivity index (χ0v) is 16.2. The van der Waals surface area contributed by atoms with Crippen molar-refractivity contribution in [2.45, 2.75) is 18.4 Å². The fraction of sp³-hybridized carbons (Fsp3) is 0.227. The average molecular weight is 406 g/mol. The molecule has 1 aliphatic heterocycles. The fourth-order valence-corrected chi connectivity index (χ4v) is 3.57. The molecule has 0 saturated carbocycles. The van der Waals surface area contributed by atoms with Crippen LogP contribution in [0.5, 0.6) is 0 Å². The van der Waals surface area contributed by atoms with Crippen molar-refractivity contribution in [3.8, 4) is 17.5 Å². The molecule has 0 unspecified atom stereocenters. The summed E-state index contributed by atoms with van der Waals surface area (Å²) in [5.74, 6) is 3.93. The van der Waals surface area contributed by atoms with Gasteiger partial charge in [-0.1, -0.05) is 17.9 Å².